The van der Waals surface area contributed by atoms with Crippen LogP contribution in [0.4, 0.5) is 0 Å². The third kappa shape index (κ3) is 2.92. The molecule has 0 unspecified atom stereocenters. The molecule has 0 bridgehead atoms. The van der Waals surface area contributed by atoms with E-state index in [2.05, 4.69) is 10.1 Å². The molecule has 0 fully saturated rings. The fourth-order valence-electron chi connectivity index (χ4n) is 1.89. The smallest absolute Gasteiger partial charge is 0.216 e. The number of hydrogen-bond donors (Lipinski definition) is 2. The fourth-order valence-corrected chi connectivity index (χ4v) is 1.89. The van der Waals surface area contributed by atoms with Gasteiger partial charge in [-0.2, -0.15) is 9.78 Å². The second kappa shape index (κ2) is 5.50. The summed E-state index contributed by atoms with van der Waals surface area (Å²) < 4.78 is 1.37. The first-order valence-electron chi connectivity index (χ1n) is 6.40. The molecule has 0 aliphatic carbocycles. The predicted octanol–water partition coefficient (Wildman–Crippen LogP) is 2.85. The molecule has 0 atom stereocenters. The fraction of sp³-hybridized carbons (Fsp3) is 0. The number of hydrogen-bond acceptors (Lipinski definition) is 4. The van der Waals surface area contributed by atoms with Crippen LogP contribution in [0.25, 0.3) is 18.0 Å². The van der Waals surface area contributed by atoms with Crippen LogP contribution in [0, 0.1) is 0 Å². The number of aromatic nitrogens is 3. The van der Waals surface area contributed by atoms with Crippen LogP contribution in [-0.2, 0) is 0 Å². The summed E-state index contributed by atoms with van der Waals surface area (Å²) in [5.74, 6) is 0.808. The van der Waals surface area contributed by atoms with Gasteiger partial charge in [0.05, 0.1) is 5.69 Å². The summed E-state index contributed by atoms with van der Waals surface area (Å²) in [6, 6.07) is 13.8. The van der Waals surface area contributed by atoms with Crippen LogP contribution in [0.15, 0.2) is 54.7 Å². The molecule has 2 N–H and O–H groups in total. The van der Waals surface area contributed by atoms with Crippen molar-refractivity contribution in [1.82, 2.24) is 14.8 Å². The Balaban J connectivity index is 1.86. The van der Waals surface area contributed by atoms with E-state index in [1.54, 1.807) is 54.7 Å². The van der Waals surface area contributed by atoms with E-state index in [0.29, 0.717) is 11.5 Å². The summed E-state index contributed by atoms with van der Waals surface area (Å²) in [5.41, 5.74) is 1.55. The lowest BCUT2D eigenvalue weighted by Gasteiger charge is -1.99. The minimum absolute atomic E-state index is 0.0269. The quantitative estimate of drug-likeness (QED) is 0.773. The number of aromatic hydroxyl groups is 2. The summed E-state index contributed by atoms with van der Waals surface area (Å²) in [6.07, 6.45) is 5.28. The minimum atomic E-state index is 0.0269. The molecule has 0 saturated carbocycles. The second-order valence-corrected chi connectivity index (χ2v) is 4.45. The molecule has 104 valence electrons. The van der Waals surface area contributed by atoms with E-state index in [-0.39, 0.29) is 11.6 Å². The van der Waals surface area contributed by atoms with Gasteiger partial charge in [-0.15, -0.1) is 0 Å². The largest absolute Gasteiger partial charge is 0.508 e. The summed E-state index contributed by atoms with van der Waals surface area (Å²) >= 11 is 0. The van der Waals surface area contributed by atoms with Crippen LogP contribution in [-0.4, -0.2) is 25.0 Å². The number of rotatable bonds is 3. The van der Waals surface area contributed by atoms with Crippen molar-refractivity contribution < 1.29 is 10.2 Å². The maximum atomic E-state index is 9.91. The van der Waals surface area contributed by atoms with E-state index >= 15 is 0 Å². The summed E-state index contributed by atoms with van der Waals surface area (Å²) in [4.78, 5) is 4.14. The molecule has 2 heterocycles. The molecule has 0 saturated heterocycles. The van der Waals surface area contributed by atoms with Crippen molar-refractivity contribution in [2.24, 2.45) is 0 Å². The SMILES string of the molecule is Oc1ccc(C=Cc2cc(O)n(-c3ccccn3)n2)cc1. The number of phenolic OH excluding ortho intramolecular Hbond substituents is 1. The highest BCUT2D eigenvalue weighted by Gasteiger charge is 2.07. The molecule has 2 aromatic heterocycles. The lowest BCUT2D eigenvalue weighted by Crippen LogP contribution is -1.98. The van der Waals surface area contributed by atoms with Crippen LogP contribution < -0.4 is 0 Å². The van der Waals surface area contributed by atoms with Crippen molar-refractivity contribution in [3.63, 3.8) is 0 Å². The highest BCUT2D eigenvalue weighted by Crippen LogP contribution is 2.18. The Labute approximate surface area is 121 Å². The molecule has 0 radical (unpaired) electrons. The molecule has 1 aromatic carbocycles. The van der Waals surface area contributed by atoms with Gasteiger partial charge in [0, 0.05) is 12.3 Å². The van der Waals surface area contributed by atoms with Gasteiger partial charge in [0.15, 0.2) is 5.82 Å². The van der Waals surface area contributed by atoms with Crippen molar-refractivity contribution in [1.29, 1.82) is 0 Å². The Bertz CT molecular complexity index is 762. The summed E-state index contributed by atoms with van der Waals surface area (Å²) in [6.45, 7) is 0. The normalized spacial score (nSPS) is 11.0. The first-order valence-corrected chi connectivity index (χ1v) is 6.40. The molecule has 0 spiro atoms. The topological polar surface area (TPSA) is 71.2 Å². The van der Waals surface area contributed by atoms with Crippen LogP contribution >= 0.6 is 0 Å². The van der Waals surface area contributed by atoms with E-state index < -0.39 is 0 Å². The van der Waals surface area contributed by atoms with Gasteiger partial charge >= 0.3 is 0 Å². The first kappa shape index (κ1) is 12.9. The van der Waals surface area contributed by atoms with Gasteiger partial charge in [0.2, 0.25) is 5.88 Å². The molecule has 3 aromatic rings. The molecule has 3 rings (SSSR count). The van der Waals surface area contributed by atoms with Crippen LogP contribution in [0.1, 0.15) is 11.3 Å². The van der Waals surface area contributed by atoms with Gasteiger partial charge in [-0.25, -0.2) is 4.98 Å². The van der Waals surface area contributed by atoms with E-state index in [1.807, 2.05) is 12.1 Å². The van der Waals surface area contributed by atoms with Crippen molar-refractivity contribution in [3.8, 4) is 17.4 Å². The van der Waals surface area contributed by atoms with E-state index in [9.17, 15) is 10.2 Å². The predicted molar refractivity (Wildman–Crippen MR) is 80.1 cm³/mol. The molecule has 21 heavy (non-hydrogen) atoms. The van der Waals surface area contributed by atoms with Crippen molar-refractivity contribution in [2.45, 2.75) is 0 Å². The molecule has 5 nitrogen and oxygen atoms in total. The Morgan fingerprint density at radius 2 is 1.76 bits per heavy atom. The van der Waals surface area contributed by atoms with Crippen LogP contribution in [0.2, 0.25) is 0 Å². The molecule has 5 heteroatoms. The average Bonchev–Trinajstić information content (AvgIpc) is 2.89. The summed E-state index contributed by atoms with van der Waals surface area (Å²) in [5, 5.41) is 23.4. The zero-order valence-electron chi connectivity index (χ0n) is 11.1. The number of phenols is 1. The molecule has 0 aliphatic rings. The second-order valence-electron chi connectivity index (χ2n) is 4.45. The zero-order chi connectivity index (χ0) is 14.7. The Kier molecular flexibility index (Phi) is 3.39. The molecular weight excluding hydrogens is 266 g/mol. The maximum Gasteiger partial charge on any atom is 0.216 e. The highest BCUT2D eigenvalue weighted by atomic mass is 16.3. The zero-order valence-corrected chi connectivity index (χ0v) is 11.1. The standard InChI is InChI=1S/C16H13N3O2/c20-14-8-5-12(6-9-14)4-7-13-11-16(21)19(18-13)15-3-1-2-10-17-15/h1-11,20-21H. The third-order valence-electron chi connectivity index (χ3n) is 2.92. The lowest BCUT2D eigenvalue weighted by atomic mass is 10.2. The van der Waals surface area contributed by atoms with E-state index in [1.165, 1.54) is 4.68 Å². The third-order valence-corrected chi connectivity index (χ3v) is 2.92. The molecular formula is C16H13N3O2. The van der Waals surface area contributed by atoms with Crippen LogP contribution in [0.5, 0.6) is 11.6 Å². The Morgan fingerprint density at radius 3 is 2.48 bits per heavy atom. The van der Waals surface area contributed by atoms with Gasteiger partial charge in [0.25, 0.3) is 0 Å². The van der Waals surface area contributed by atoms with E-state index in [4.69, 9.17) is 0 Å². The van der Waals surface area contributed by atoms with E-state index in [0.717, 1.165) is 5.56 Å². The monoisotopic (exact) mass is 279 g/mol. The van der Waals surface area contributed by atoms with Crippen LogP contribution in [0.3, 0.4) is 0 Å². The van der Waals surface area contributed by atoms with Gasteiger partial charge in [0.1, 0.15) is 5.75 Å². The number of pyridine rings is 1. The lowest BCUT2D eigenvalue weighted by molar-refractivity contribution is 0.432. The Morgan fingerprint density at radius 1 is 0.952 bits per heavy atom. The van der Waals surface area contributed by atoms with Crippen molar-refractivity contribution in [3.05, 3.63) is 66.0 Å². The number of nitrogens with zero attached hydrogens (tertiary/aromatic N) is 3. The highest BCUT2D eigenvalue weighted by molar-refractivity contribution is 5.68. The Hall–Kier alpha value is -3.08. The molecule has 0 aliphatic heterocycles. The number of benzene rings is 1. The first-order chi connectivity index (χ1) is 10.2. The minimum Gasteiger partial charge on any atom is -0.508 e. The van der Waals surface area contributed by atoms with Crippen molar-refractivity contribution in [2.75, 3.05) is 0 Å². The maximum absolute atomic E-state index is 9.91. The van der Waals surface area contributed by atoms with Gasteiger partial charge < -0.3 is 10.2 Å². The van der Waals surface area contributed by atoms with Crippen molar-refractivity contribution >= 4 is 12.2 Å². The van der Waals surface area contributed by atoms with Gasteiger partial charge in [-0.3, -0.25) is 0 Å². The summed E-state index contributed by atoms with van der Waals surface area (Å²) in [7, 11) is 0. The van der Waals surface area contributed by atoms with Gasteiger partial charge in [-0.05, 0) is 35.9 Å². The average molecular weight is 279 g/mol. The van der Waals surface area contributed by atoms with Gasteiger partial charge in [-0.1, -0.05) is 24.3 Å². The molecule has 0 amide bonds.